The zero-order chi connectivity index (χ0) is 22.3. The molecule has 2 amide bonds. The van der Waals surface area contributed by atoms with Crippen molar-refractivity contribution in [1.29, 1.82) is 0 Å². The van der Waals surface area contributed by atoms with Gasteiger partial charge in [0.1, 0.15) is 6.61 Å². The Balaban J connectivity index is 1.89. The highest BCUT2D eigenvalue weighted by Gasteiger charge is 2.38. The van der Waals surface area contributed by atoms with Crippen molar-refractivity contribution in [2.24, 2.45) is 11.8 Å². The topological polar surface area (TPSA) is 122 Å². The SMILES string of the molecule is CC1CC(=O)N(CC(=O)C(=O)[C@@H](NCNc2ccc(COC=O)cc2)C(C)C)C1=O. The van der Waals surface area contributed by atoms with Crippen LogP contribution in [0.1, 0.15) is 32.8 Å². The minimum atomic E-state index is -0.767. The predicted octanol–water partition coefficient (Wildman–Crippen LogP) is 0.876. The van der Waals surface area contributed by atoms with Crippen LogP contribution in [0.3, 0.4) is 0 Å². The first-order valence-corrected chi connectivity index (χ1v) is 9.77. The van der Waals surface area contributed by atoms with Gasteiger partial charge in [-0.25, -0.2) is 0 Å². The normalized spacial score (nSPS) is 17.2. The van der Waals surface area contributed by atoms with Gasteiger partial charge in [-0.2, -0.15) is 0 Å². The molecular weight excluding hydrogens is 390 g/mol. The van der Waals surface area contributed by atoms with E-state index in [1.165, 1.54) is 0 Å². The van der Waals surface area contributed by atoms with Crippen LogP contribution in [0.4, 0.5) is 5.69 Å². The lowest BCUT2D eigenvalue weighted by molar-refractivity contribution is -0.145. The predicted molar refractivity (Wildman–Crippen MR) is 108 cm³/mol. The highest BCUT2D eigenvalue weighted by Crippen LogP contribution is 2.18. The maximum absolute atomic E-state index is 12.6. The van der Waals surface area contributed by atoms with Crippen molar-refractivity contribution in [3.05, 3.63) is 29.8 Å². The van der Waals surface area contributed by atoms with Gasteiger partial charge in [0.05, 0.1) is 19.3 Å². The Hall–Kier alpha value is -3.07. The standard InChI is InChI=1S/C21H27N3O6/c1-13(2)19(20(28)17(26)9-24-18(27)8-14(3)21(24)29)23-11-22-16-6-4-15(5-7-16)10-30-12-25/h4-7,12-14,19,22-23H,8-11H2,1-3H3/t14?,19-/m0/s1. The van der Waals surface area contributed by atoms with E-state index in [0.29, 0.717) is 6.47 Å². The van der Waals surface area contributed by atoms with Crippen LogP contribution in [0.5, 0.6) is 0 Å². The van der Waals surface area contributed by atoms with Gasteiger partial charge in [0.25, 0.3) is 6.47 Å². The number of rotatable bonds is 12. The molecule has 30 heavy (non-hydrogen) atoms. The summed E-state index contributed by atoms with van der Waals surface area (Å²) in [6.07, 6.45) is 0.0656. The van der Waals surface area contributed by atoms with E-state index in [4.69, 9.17) is 0 Å². The Morgan fingerprint density at radius 1 is 1.23 bits per heavy atom. The van der Waals surface area contributed by atoms with Gasteiger partial charge in [-0.1, -0.05) is 32.9 Å². The lowest BCUT2D eigenvalue weighted by atomic mass is 9.97. The van der Waals surface area contributed by atoms with Crippen molar-refractivity contribution in [3.63, 3.8) is 0 Å². The minimum absolute atomic E-state index is 0.0656. The number of imide groups is 1. The molecular formula is C21H27N3O6. The molecule has 0 bridgehead atoms. The number of ketones is 2. The molecule has 0 spiro atoms. The summed E-state index contributed by atoms with van der Waals surface area (Å²) in [6, 6.07) is 6.44. The summed E-state index contributed by atoms with van der Waals surface area (Å²) in [5, 5.41) is 6.11. The smallest absolute Gasteiger partial charge is 0.293 e. The molecule has 2 rings (SSSR count). The molecule has 1 unspecified atom stereocenters. The number of likely N-dealkylation sites (tertiary alicyclic amines) is 1. The number of ether oxygens (including phenoxy) is 1. The van der Waals surface area contributed by atoms with E-state index in [0.717, 1.165) is 16.2 Å². The Kier molecular flexibility index (Phi) is 8.23. The Morgan fingerprint density at radius 2 is 1.90 bits per heavy atom. The zero-order valence-corrected chi connectivity index (χ0v) is 17.3. The molecule has 1 aromatic carbocycles. The van der Waals surface area contributed by atoms with Gasteiger partial charge in [-0.05, 0) is 23.6 Å². The monoisotopic (exact) mass is 417 g/mol. The molecule has 9 heteroatoms. The number of carbonyl (C=O) groups is 5. The van der Waals surface area contributed by atoms with Gasteiger partial charge in [0, 0.05) is 18.0 Å². The van der Waals surface area contributed by atoms with Crippen molar-refractivity contribution >= 4 is 35.5 Å². The van der Waals surface area contributed by atoms with E-state index in [9.17, 15) is 24.0 Å². The van der Waals surface area contributed by atoms with Crippen LogP contribution in [-0.2, 0) is 35.3 Å². The first-order chi connectivity index (χ1) is 14.2. The first-order valence-electron chi connectivity index (χ1n) is 9.77. The number of nitrogens with zero attached hydrogens (tertiary/aromatic N) is 1. The van der Waals surface area contributed by atoms with Crippen molar-refractivity contribution in [1.82, 2.24) is 10.2 Å². The molecule has 0 radical (unpaired) electrons. The molecule has 1 fully saturated rings. The minimum Gasteiger partial charge on any atom is -0.463 e. The van der Waals surface area contributed by atoms with Crippen LogP contribution < -0.4 is 10.6 Å². The number of carbonyl (C=O) groups excluding carboxylic acids is 5. The average Bonchev–Trinajstić information content (AvgIpc) is 2.95. The Labute approximate surface area is 175 Å². The number of Topliss-reactive ketones (excluding diaryl/α,β-unsaturated/α-hetero) is 2. The summed E-state index contributed by atoms with van der Waals surface area (Å²) in [4.78, 5) is 60.0. The fourth-order valence-electron chi connectivity index (χ4n) is 3.15. The van der Waals surface area contributed by atoms with Gasteiger partial charge >= 0.3 is 0 Å². The molecule has 1 aliphatic heterocycles. The molecule has 2 atom stereocenters. The summed E-state index contributed by atoms with van der Waals surface area (Å²) in [5.41, 5.74) is 1.61. The van der Waals surface area contributed by atoms with Gasteiger partial charge in [-0.15, -0.1) is 0 Å². The molecule has 2 N–H and O–H groups in total. The molecule has 0 aliphatic carbocycles. The average molecular weight is 417 g/mol. The summed E-state index contributed by atoms with van der Waals surface area (Å²) in [7, 11) is 0. The van der Waals surface area contributed by atoms with Crippen LogP contribution in [-0.4, -0.2) is 54.0 Å². The number of amides is 2. The Morgan fingerprint density at radius 3 is 2.43 bits per heavy atom. The summed E-state index contributed by atoms with van der Waals surface area (Å²) >= 11 is 0. The van der Waals surface area contributed by atoms with E-state index < -0.39 is 41.9 Å². The molecule has 0 aromatic heterocycles. The molecule has 1 aromatic rings. The van der Waals surface area contributed by atoms with Gasteiger partial charge in [-0.3, -0.25) is 34.2 Å². The van der Waals surface area contributed by atoms with E-state index in [1.54, 1.807) is 45.0 Å². The van der Waals surface area contributed by atoms with E-state index >= 15 is 0 Å². The van der Waals surface area contributed by atoms with Crippen molar-refractivity contribution in [2.75, 3.05) is 18.5 Å². The summed E-state index contributed by atoms with van der Waals surface area (Å²) in [5.74, 6) is -2.90. The van der Waals surface area contributed by atoms with Crippen LogP contribution in [0.15, 0.2) is 24.3 Å². The van der Waals surface area contributed by atoms with Crippen molar-refractivity contribution in [3.8, 4) is 0 Å². The fraction of sp³-hybridized carbons (Fsp3) is 0.476. The summed E-state index contributed by atoms with van der Waals surface area (Å²) < 4.78 is 4.69. The van der Waals surface area contributed by atoms with E-state index in [-0.39, 0.29) is 25.6 Å². The maximum Gasteiger partial charge on any atom is 0.293 e. The van der Waals surface area contributed by atoms with Gasteiger partial charge < -0.3 is 10.1 Å². The summed E-state index contributed by atoms with van der Waals surface area (Å²) in [6.45, 7) is 5.52. The molecule has 1 saturated heterocycles. The van der Waals surface area contributed by atoms with Crippen LogP contribution in [0.25, 0.3) is 0 Å². The molecule has 0 saturated carbocycles. The molecule has 162 valence electrons. The first kappa shape index (κ1) is 23.2. The largest absolute Gasteiger partial charge is 0.463 e. The van der Waals surface area contributed by atoms with Gasteiger partial charge in [0.2, 0.25) is 23.4 Å². The lowest BCUT2D eigenvalue weighted by Crippen LogP contribution is -2.49. The van der Waals surface area contributed by atoms with E-state index in [2.05, 4.69) is 15.4 Å². The number of hydrogen-bond acceptors (Lipinski definition) is 8. The third-order valence-electron chi connectivity index (χ3n) is 4.88. The fourth-order valence-corrected chi connectivity index (χ4v) is 3.15. The number of anilines is 1. The van der Waals surface area contributed by atoms with Crippen LogP contribution >= 0.6 is 0 Å². The maximum atomic E-state index is 12.6. The lowest BCUT2D eigenvalue weighted by Gasteiger charge is -2.22. The van der Waals surface area contributed by atoms with Crippen LogP contribution in [0.2, 0.25) is 0 Å². The number of benzene rings is 1. The molecule has 1 heterocycles. The van der Waals surface area contributed by atoms with Gasteiger partial charge in [0.15, 0.2) is 0 Å². The molecule has 1 aliphatic rings. The number of nitrogens with one attached hydrogen (secondary N) is 2. The molecule has 9 nitrogen and oxygen atoms in total. The second-order valence-corrected chi connectivity index (χ2v) is 7.59. The van der Waals surface area contributed by atoms with E-state index in [1.807, 2.05) is 0 Å². The van der Waals surface area contributed by atoms with Crippen molar-refractivity contribution in [2.45, 2.75) is 39.8 Å². The zero-order valence-electron chi connectivity index (χ0n) is 17.3. The highest BCUT2D eigenvalue weighted by atomic mass is 16.5. The Bertz CT molecular complexity index is 805. The highest BCUT2D eigenvalue weighted by molar-refractivity contribution is 6.40. The second kappa shape index (κ2) is 10.6. The van der Waals surface area contributed by atoms with Crippen molar-refractivity contribution < 1.29 is 28.7 Å². The quantitative estimate of drug-likeness (QED) is 0.222. The third-order valence-corrected chi connectivity index (χ3v) is 4.88. The third kappa shape index (κ3) is 5.96. The van der Waals surface area contributed by atoms with Crippen LogP contribution in [0, 0.1) is 11.8 Å². The second-order valence-electron chi connectivity index (χ2n) is 7.59. The number of hydrogen-bond donors (Lipinski definition) is 2.